The first-order chi connectivity index (χ1) is 13.5. The first kappa shape index (κ1) is 18.3. The molecule has 0 saturated carbocycles. The number of aromatic nitrogens is 2. The van der Waals surface area contributed by atoms with Crippen molar-refractivity contribution in [1.29, 1.82) is 0 Å². The standard InChI is InChI=1S/C18H12F3N5OS/c19-11-7-10(8-12(20)15(11)21)24-18(27)9-2-3-13-14(6-9)28-26-17(25-13)16-22-4-1-5-23-16/h1-8,17,25-26H,(H,24,27). The highest BCUT2D eigenvalue weighted by Crippen LogP contribution is 2.34. The van der Waals surface area contributed by atoms with Crippen molar-refractivity contribution in [3.05, 3.63) is 77.6 Å². The van der Waals surface area contributed by atoms with Gasteiger partial charge in [-0.3, -0.25) is 4.79 Å². The lowest BCUT2D eigenvalue weighted by molar-refractivity contribution is 0.102. The normalized spacial score (nSPS) is 15.5. The molecule has 10 heteroatoms. The summed E-state index contributed by atoms with van der Waals surface area (Å²) in [5.74, 6) is -4.35. The molecule has 1 atom stereocenters. The number of hydrogen-bond acceptors (Lipinski definition) is 6. The molecule has 2 aromatic carbocycles. The summed E-state index contributed by atoms with van der Waals surface area (Å²) in [5.41, 5.74) is 0.871. The second-order valence-electron chi connectivity index (χ2n) is 5.82. The van der Waals surface area contributed by atoms with Gasteiger partial charge in [-0.1, -0.05) is 0 Å². The second kappa shape index (κ2) is 7.49. The molecule has 28 heavy (non-hydrogen) atoms. The minimum Gasteiger partial charge on any atom is -0.362 e. The van der Waals surface area contributed by atoms with E-state index in [1.807, 2.05) is 0 Å². The number of rotatable bonds is 3. The minimum absolute atomic E-state index is 0.177. The molecule has 4 rings (SSSR count). The summed E-state index contributed by atoms with van der Waals surface area (Å²) in [6.07, 6.45) is 2.98. The third-order valence-corrected chi connectivity index (χ3v) is 4.83. The molecule has 0 fully saturated rings. The highest BCUT2D eigenvalue weighted by Gasteiger charge is 2.22. The summed E-state index contributed by atoms with van der Waals surface area (Å²) in [4.78, 5) is 21.5. The lowest BCUT2D eigenvalue weighted by Gasteiger charge is -2.26. The molecule has 6 nitrogen and oxygen atoms in total. The maximum Gasteiger partial charge on any atom is 0.255 e. The van der Waals surface area contributed by atoms with Crippen LogP contribution in [0.2, 0.25) is 0 Å². The maximum atomic E-state index is 13.3. The SMILES string of the molecule is O=C(Nc1cc(F)c(F)c(F)c1)c1ccc2c(c1)SNC(c1ncccn1)N2. The number of amides is 1. The van der Waals surface area contributed by atoms with Crippen molar-refractivity contribution in [2.75, 3.05) is 10.6 Å². The highest BCUT2D eigenvalue weighted by molar-refractivity contribution is 7.97. The summed E-state index contributed by atoms with van der Waals surface area (Å²) in [7, 11) is 0. The van der Waals surface area contributed by atoms with Crippen molar-refractivity contribution in [3.63, 3.8) is 0 Å². The molecule has 1 aliphatic rings. The molecule has 2 heterocycles. The Labute approximate surface area is 161 Å². The maximum absolute atomic E-state index is 13.3. The predicted octanol–water partition coefficient (Wildman–Crippen LogP) is 3.87. The number of nitrogens with one attached hydrogen (secondary N) is 3. The van der Waals surface area contributed by atoms with Gasteiger partial charge in [0.15, 0.2) is 23.3 Å². The Bertz CT molecular complexity index is 1030. The Hall–Kier alpha value is -3.11. The van der Waals surface area contributed by atoms with E-state index in [0.717, 1.165) is 22.7 Å². The van der Waals surface area contributed by atoms with Crippen LogP contribution in [0.25, 0.3) is 0 Å². The van der Waals surface area contributed by atoms with E-state index in [-0.39, 0.29) is 17.4 Å². The van der Waals surface area contributed by atoms with Crippen LogP contribution in [0.15, 0.2) is 53.7 Å². The molecule has 1 unspecified atom stereocenters. The summed E-state index contributed by atoms with van der Waals surface area (Å²) in [6.45, 7) is 0. The van der Waals surface area contributed by atoms with Crippen molar-refractivity contribution in [1.82, 2.24) is 14.7 Å². The molecule has 3 N–H and O–H groups in total. The van der Waals surface area contributed by atoms with Crippen molar-refractivity contribution < 1.29 is 18.0 Å². The van der Waals surface area contributed by atoms with Crippen LogP contribution < -0.4 is 15.4 Å². The van der Waals surface area contributed by atoms with Crippen LogP contribution in [-0.4, -0.2) is 15.9 Å². The Morgan fingerprint density at radius 2 is 1.79 bits per heavy atom. The Balaban J connectivity index is 1.51. The number of benzene rings is 2. The average Bonchev–Trinajstić information content (AvgIpc) is 2.71. The molecule has 0 spiro atoms. The highest BCUT2D eigenvalue weighted by atomic mass is 32.2. The molecule has 142 valence electrons. The van der Waals surface area contributed by atoms with Crippen LogP contribution in [0.1, 0.15) is 22.3 Å². The largest absolute Gasteiger partial charge is 0.362 e. The third kappa shape index (κ3) is 3.64. The number of anilines is 2. The van der Waals surface area contributed by atoms with E-state index < -0.39 is 23.4 Å². The Morgan fingerprint density at radius 3 is 2.50 bits per heavy atom. The molecule has 0 bridgehead atoms. The van der Waals surface area contributed by atoms with Gasteiger partial charge in [0.05, 0.1) is 5.69 Å². The number of carbonyl (C=O) groups is 1. The van der Waals surface area contributed by atoms with Crippen molar-refractivity contribution >= 4 is 29.2 Å². The van der Waals surface area contributed by atoms with Crippen molar-refractivity contribution in [2.24, 2.45) is 0 Å². The molecule has 3 aromatic rings. The lowest BCUT2D eigenvalue weighted by atomic mass is 10.1. The van der Waals surface area contributed by atoms with Crippen molar-refractivity contribution in [3.8, 4) is 0 Å². The summed E-state index contributed by atoms with van der Waals surface area (Å²) in [6, 6.07) is 8.05. The second-order valence-corrected chi connectivity index (χ2v) is 6.70. The average molecular weight is 403 g/mol. The molecule has 0 saturated heterocycles. The van der Waals surface area contributed by atoms with Gasteiger partial charge in [-0.2, -0.15) is 0 Å². The fraction of sp³-hybridized carbons (Fsp3) is 0.0556. The lowest BCUT2D eigenvalue weighted by Crippen LogP contribution is -2.28. The van der Waals surface area contributed by atoms with Gasteiger partial charge in [0.25, 0.3) is 5.91 Å². The topological polar surface area (TPSA) is 78.9 Å². The molecular weight excluding hydrogens is 391 g/mol. The zero-order valence-electron chi connectivity index (χ0n) is 14.0. The van der Waals surface area contributed by atoms with Gasteiger partial charge in [0.2, 0.25) is 0 Å². The Morgan fingerprint density at radius 1 is 1.07 bits per heavy atom. The quantitative estimate of drug-likeness (QED) is 0.455. The fourth-order valence-corrected chi connectivity index (χ4v) is 3.41. The predicted molar refractivity (Wildman–Crippen MR) is 98.1 cm³/mol. The van der Waals surface area contributed by atoms with E-state index in [2.05, 4.69) is 25.3 Å². The van der Waals surface area contributed by atoms with Crippen LogP contribution in [0, 0.1) is 17.5 Å². The fourth-order valence-electron chi connectivity index (χ4n) is 2.58. The smallest absolute Gasteiger partial charge is 0.255 e. The molecule has 1 aliphatic heterocycles. The van der Waals surface area contributed by atoms with E-state index in [4.69, 9.17) is 0 Å². The van der Waals surface area contributed by atoms with Crippen LogP contribution in [0.4, 0.5) is 24.5 Å². The number of hydrogen-bond donors (Lipinski definition) is 3. The molecule has 1 aromatic heterocycles. The van der Waals surface area contributed by atoms with Gasteiger partial charge in [0, 0.05) is 40.7 Å². The van der Waals surface area contributed by atoms with Gasteiger partial charge in [-0.25, -0.2) is 27.9 Å². The third-order valence-electron chi connectivity index (χ3n) is 3.92. The van der Waals surface area contributed by atoms with Crippen LogP contribution >= 0.6 is 11.9 Å². The van der Waals surface area contributed by atoms with Gasteiger partial charge in [-0.05, 0) is 36.2 Å². The monoisotopic (exact) mass is 403 g/mol. The molecule has 0 aliphatic carbocycles. The van der Waals surface area contributed by atoms with E-state index in [9.17, 15) is 18.0 Å². The van der Waals surface area contributed by atoms with Gasteiger partial charge in [0.1, 0.15) is 6.17 Å². The van der Waals surface area contributed by atoms with Gasteiger partial charge >= 0.3 is 0 Å². The van der Waals surface area contributed by atoms with E-state index in [1.165, 1.54) is 11.9 Å². The van der Waals surface area contributed by atoms with E-state index in [0.29, 0.717) is 5.82 Å². The van der Waals surface area contributed by atoms with Crippen LogP contribution in [0.3, 0.4) is 0 Å². The van der Waals surface area contributed by atoms with Crippen LogP contribution in [-0.2, 0) is 0 Å². The van der Waals surface area contributed by atoms with Crippen molar-refractivity contribution in [2.45, 2.75) is 11.1 Å². The number of nitrogens with zero attached hydrogens (tertiary/aromatic N) is 2. The van der Waals surface area contributed by atoms with E-state index >= 15 is 0 Å². The summed E-state index contributed by atoms with van der Waals surface area (Å²) >= 11 is 1.29. The number of carbonyl (C=O) groups excluding carboxylic acids is 1. The molecule has 0 radical (unpaired) electrons. The molecule has 1 amide bonds. The summed E-state index contributed by atoms with van der Waals surface area (Å²) < 4.78 is 42.8. The van der Waals surface area contributed by atoms with Gasteiger partial charge in [-0.15, -0.1) is 0 Å². The first-order valence-corrected chi connectivity index (χ1v) is 8.88. The number of fused-ring (bicyclic) bond motifs is 1. The number of halogens is 3. The minimum atomic E-state index is -1.59. The summed E-state index contributed by atoms with van der Waals surface area (Å²) in [5, 5.41) is 5.57. The van der Waals surface area contributed by atoms with E-state index in [1.54, 1.807) is 36.7 Å². The van der Waals surface area contributed by atoms with Crippen LogP contribution in [0.5, 0.6) is 0 Å². The first-order valence-electron chi connectivity index (χ1n) is 8.07. The zero-order chi connectivity index (χ0) is 19.7. The van der Waals surface area contributed by atoms with Gasteiger partial charge < -0.3 is 10.6 Å². The molecular formula is C18H12F3N5OS. The Kier molecular flexibility index (Phi) is 4.88. The zero-order valence-corrected chi connectivity index (χ0v) is 14.9.